The van der Waals surface area contributed by atoms with Gasteiger partial charge in [-0.3, -0.25) is 9.59 Å². The van der Waals surface area contributed by atoms with Crippen LogP contribution in [0.1, 0.15) is 5.56 Å². The Bertz CT molecular complexity index is 873. The smallest absolute Gasteiger partial charge is 0.344 e. The number of nitrogens with one attached hydrogen (secondary N) is 2. The average molecular weight is 392 g/mol. The number of aryl methyl sites for hydroxylation is 1. The van der Waals surface area contributed by atoms with Crippen LogP contribution in [0.15, 0.2) is 42.5 Å². The first-order valence-corrected chi connectivity index (χ1v) is 8.21. The van der Waals surface area contributed by atoms with Crippen LogP contribution in [0.3, 0.4) is 0 Å². The Hall–Kier alpha value is -3.49. The molecule has 0 aliphatic rings. The number of rotatable bonds is 8. The summed E-state index contributed by atoms with van der Waals surface area (Å²) in [5, 5.41) is 4.52. The van der Waals surface area contributed by atoms with Crippen molar-refractivity contribution >= 4 is 23.5 Å². The van der Waals surface area contributed by atoms with Crippen molar-refractivity contribution in [3.8, 4) is 5.75 Å². The van der Waals surface area contributed by atoms with Crippen LogP contribution in [-0.4, -0.2) is 37.5 Å². The van der Waals surface area contributed by atoms with Crippen molar-refractivity contribution in [3.05, 3.63) is 59.7 Å². The summed E-state index contributed by atoms with van der Waals surface area (Å²) in [5.74, 6) is -3.73. The van der Waals surface area contributed by atoms with Gasteiger partial charge in [-0.15, -0.1) is 0 Å². The molecule has 0 spiro atoms. The fourth-order valence-electron chi connectivity index (χ4n) is 2.05. The number of carbonyl (C=O) groups is 3. The molecule has 0 bridgehead atoms. The lowest BCUT2D eigenvalue weighted by Crippen LogP contribution is -2.36. The summed E-state index contributed by atoms with van der Waals surface area (Å²) < 4.78 is 35.9. The number of hydrogen-bond donors (Lipinski definition) is 2. The highest BCUT2D eigenvalue weighted by atomic mass is 19.2. The molecule has 2 rings (SSSR count). The van der Waals surface area contributed by atoms with Crippen LogP contribution in [0, 0.1) is 18.6 Å². The fraction of sp³-hybridized carbons (Fsp3) is 0.211. The van der Waals surface area contributed by atoms with E-state index in [1.165, 1.54) is 6.07 Å². The van der Waals surface area contributed by atoms with Crippen molar-refractivity contribution < 1.29 is 32.6 Å². The molecule has 2 aromatic rings. The molecule has 148 valence electrons. The number of anilines is 1. The van der Waals surface area contributed by atoms with Crippen LogP contribution >= 0.6 is 0 Å². The molecule has 9 heteroatoms. The summed E-state index contributed by atoms with van der Waals surface area (Å²) in [7, 11) is 0. The number of ether oxygens (including phenoxy) is 2. The van der Waals surface area contributed by atoms with E-state index in [0.717, 1.165) is 17.7 Å². The Balaban J connectivity index is 1.66. The van der Waals surface area contributed by atoms with E-state index in [-0.39, 0.29) is 12.3 Å². The lowest BCUT2D eigenvalue weighted by atomic mass is 10.2. The molecule has 0 radical (unpaired) electrons. The highest BCUT2D eigenvalue weighted by molar-refractivity contribution is 5.94. The molecule has 2 N–H and O–H groups in total. The molecule has 28 heavy (non-hydrogen) atoms. The second kappa shape index (κ2) is 10.0. The predicted molar refractivity (Wildman–Crippen MR) is 95.6 cm³/mol. The van der Waals surface area contributed by atoms with Crippen molar-refractivity contribution in [2.24, 2.45) is 0 Å². The standard InChI is InChI=1S/C19H18F2N2O5/c1-12-4-2-3-5-16(12)27-11-19(26)28-10-18(25)22-9-17(24)23-13-6-7-14(20)15(21)8-13/h2-8H,9-11H2,1H3,(H,22,25)(H,23,24). The monoisotopic (exact) mass is 392 g/mol. The van der Waals surface area contributed by atoms with Gasteiger partial charge in [0.25, 0.3) is 5.91 Å². The number of para-hydroxylation sites is 1. The summed E-state index contributed by atoms with van der Waals surface area (Å²) in [6.45, 7) is 0.428. The molecule has 0 aliphatic heterocycles. The average Bonchev–Trinajstić information content (AvgIpc) is 2.67. The zero-order chi connectivity index (χ0) is 20.5. The van der Waals surface area contributed by atoms with Gasteiger partial charge in [0.15, 0.2) is 24.8 Å². The Morgan fingerprint density at radius 3 is 2.43 bits per heavy atom. The largest absolute Gasteiger partial charge is 0.482 e. The van der Waals surface area contributed by atoms with E-state index in [2.05, 4.69) is 10.6 Å². The van der Waals surface area contributed by atoms with Gasteiger partial charge < -0.3 is 20.1 Å². The number of amides is 2. The molecule has 0 atom stereocenters. The van der Waals surface area contributed by atoms with Crippen LogP contribution < -0.4 is 15.4 Å². The summed E-state index contributed by atoms with van der Waals surface area (Å²) >= 11 is 0. The summed E-state index contributed by atoms with van der Waals surface area (Å²) in [6.07, 6.45) is 0. The van der Waals surface area contributed by atoms with Crippen molar-refractivity contribution in [1.29, 1.82) is 0 Å². The SMILES string of the molecule is Cc1ccccc1OCC(=O)OCC(=O)NCC(=O)Nc1ccc(F)c(F)c1. The highest BCUT2D eigenvalue weighted by Crippen LogP contribution is 2.16. The van der Waals surface area contributed by atoms with E-state index in [1.54, 1.807) is 12.1 Å². The zero-order valence-electron chi connectivity index (χ0n) is 15.0. The van der Waals surface area contributed by atoms with E-state index in [4.69, 9.17) is 9.47 Å². The van der Waals surface area contributed by atoms with Gasteiger partial charge in [-0.1, -0.05) is 18.2 Å². The molecule has 0 saturated carbocycles. The van der Waals surface area contributed by atoms with E-state index in [0.29, 0.717) is 5.75 Å². The third kappa shape index (κ3) is 6.67. The highest BCUT2D eigenvalue weighted by Gasteiger charge is 2.11. The summed E-state index contributed by atoms with van der Waals surface area (Å²) in [6, 6.07) is 9.95. The van der Waals surface area contributed by atoms with E-state index >= 15 is 0 Å². The number of halogens is 2. The second-order valence-electron chi connectivity index (χ2n) is 5.67. The molecule has 0 aliphatic carbocycles. The van der Waals surface area contributed by atoms with Crippen LogP contribution in [0.5, 0.6) is 5.75 Å². The molecule has 2 aromatic carbocycles. The minimum absolute atomic E-state index is 0.0398. The van der Waals surface area contributed by atoms with Crippen molar-refractivity contribution in [2.75, 3.05) is 25.1 Å². The van der Waals surface area contributed by atoms with Crippen LogP contribution in [0.2, 0.25) is 0 Å². The molecule has 0 aromatic heterocycles. The lowest BCUT2D eigenvalue weighted by molar-refractivity contribution is -0.150. The van der Waals surface area contributed by atoms with Crippen LogP contribution in [0.4, 0.5) is 14.5 Å². The maximum absolute atomic E-state index is 13.1. The van der Waals surface area contributed by atoms with Crippen molar-refractivity contribution in [2.45, 2.75) is 6.92 Å². The quantitative estimate of drug-likeness (QED) is 0.670. The van der Waals surface area contributed by atoms with Gasteiger partial charge in [-0.05, 0) is 30.7 Å². The summed E-state index contributed by atoms with van der Waals surface area (Å²) in [5.41, 5.74) is 0.887. The summed E-state index contributed by atoms with van der Waals surface area (Å²) in [4.78, 5) is 34.9. The van der Waals surface area contributed by atoms with Gasteiger partial charge >= 0.3 is 5.97 Å². The minimum Gasteiger partial charge on any atom is -0.482 e. The van der Waals surface area contributed by atoms with Gasteiger partial charge in [-0.25, -0.2) is 13.6 Å². The maximum Gasteiger partial charge on any atom is 0.344 e. The third-order valence-electron chi connectivity index (χ3n) is 3.45. The van der Waals surface area contributed by atoms with Gasteiger partial charge in [0.1, 0.15) is 5.75 Å². The maximum atomic E-state index is 13.1. The second-order valence-corrected chi connectivity index (χ2v) is 5.67. The molecular weight excluding hydrogens is 374 g/mol. The number of benzene rings is 2. The molecule has 0 fully saturated rings. The molecule has 0 unspecified atom stereocenters. The normalized spacial score (nSPS) is 10.1. The molecule has 0 heterocycles. The van der Waals surface area contributed by atoms with E-state index in [9.17, 15) is 23.2 Å². The molecule has 2 amide bonds. The Labute approximate surface area is 159 Å². The first-order chi connectivity index (χ1) is 13.3. The van der Waals surface area contributed by atoms with Gasteiger partial charge in [0.2, 0.25) is 5.91 Å². The fourth-order valence-corrected chi connectivity index (χ4v) is 2.05. The zero-order valence-corrected chi connectivity index (χ0v) is 15.0. The van der Waals surface area contributed by atoms with Crippen molar-refractivity contribution in [3.63, 3.8) is 0 Å². The number of esters is 1. The van der Waals surface area contributed by atoms with Gasteiger partial charge in [-0.2, -0.15) is 0 Å². The first kappa shape index (κ1) is 20.8. The lowest BCUT2D eigenvalue weighted by Gasteiger charge is -2.09. The van der Waals surface area contributed by atoms with E-state index in [1.807, 2.05) is 19.1 Å². The Morgan fingerprint density at radius 2 is 1.71 bits per heavy atom. The van der Waals surface area contributed by atoms with Crippen molar-refractivity contribution in [1.82, 2.24) is 5.32 Å². The Kier molecular flexibility index (Phi) is 7.44. The van der Waals surface area contributed by atoms with Gasteiger partial charge in [0.05, 0.1) is 6.54 Å². The van der Waals surface area contributed by atoms with Gasteiger partial charge in [0, 0.05) is 11.8 Å². The Morgan fingerprint density at radius 1 is 0.964 bits per heavy atom. The van der Waals surface area contributed by atoms with Crippen LogP contribution in [0.25, 0.3) is 0 Å². The number of carbonyl (C=O) groups excluding carboxylic acids is 3. The topological polar surface area (TPSA) is 93.7 Å². The minimum atomic E-state index is -1.11. The predicted octanol–water partition coefficient (Wildman–Crippen LogP) is 1.95. The molecular formula is C19H18F2N2O5. The molecule has 7 nitrogen and oxygen atoms in total. The van der Waals surface area contributed by atoms with Crippen LogP contribution in [-0.2, 0) is 19.1 Å². The number of hydrogen-bond acceptors (Lipinski definition) is 5. The molecule has 0 saturated heterocycles. The first-order valence-electron chi connectivity index (χ1n) is 8.21. The van der Waals surface area contributed by atoms with E-state index < -0.39 is 42.6 Å². The third-order valence-corrected chi connectivity index (χ3v) is 3.45.